The molecule has 1 atom stereocenters. The molecule has 2 aliphatic carbocycles. The first-order valence-corrected chi connectivity index (χ1v) is 6.23. The predicted molar refractivity (Wildman–Crippen MR) is 60.6 cm³/mol. The molecule has 0 aliphatic heterocycles. The number of carbonyl (C=O) groups excluding carboxylic acids is 1. The van der Waals surface area contributed by atoms with Crippen LogP contribution in [-0.2, 0) is 4.79 Å². The summed E-state index contributed by atoms with van der Waals surface area (Å²) < 4.78 is 0. The topological polar surface area (TPSA) is 41.1 Å². The normalized spacial score (nSPS) is 23.7. The van der Waals surface area contributed by atoms with Gasteiger partial charge in [0.2, 0.25) is 5.91 Å². The third kappa shape index (κ3) is 2.94. The lowest BCUT2D eigenvalue weighted by molar-refractivity contribution is -0.124. The Kier molecular flexibility index (Phi) is 3.29. The molecule has 0 bridgehead atoms. The molecule has 2 fully saturated rings. The van der Waals surface area contributed by atoms with Gasteiger partial charge in [0.15, 0.2) is 0 Å². The van der Waals surface area contributed by atoms with Gasteiger partial charge < -0.3 is 10.6 Å². The quantitative estimate of drug-likeness (QED) is 0.721. The highest BCUT2D eigenvalue weighted by molar-refractivity contribution is 5.82. The van der Waals surface area contributed by atoms with Gasteiger partial charge in [-0.3, -0.25) is 4.79 Å². The van der Waals surface area contributed by atoms with Gasteiger partial charge in [0, 0.05) is 12.1 Å². The molecule has 0 heterocycles. The van der Waals surface area contributed by atoms with Gasteiger partial charge in [-0.05, 0) is 31.6 Å². The molecule has 86 valence electrons. The molecular formula is C12H22N2O. The lowest BCUT2D eigenvalue weighted by Crippen LogP contribution is -2.53. The summed E-state index contributed by atoms with van der Waals surface area (Å²) in [6.45, 7) is 4.23. The molecule has 1 amide bonds. The molecule has 2 aliphatic rings. The highest BCUT2D eigenvalue weighted by Gasteiger charge is 2.31. The summed E-state index contributed by atoms with van der Waals surface area (Å²) in [5, 5.41) is 6.56. The Morgan fingerprint density at radius 2 is 1.80 bits per heavy atom. The van der Waals surface area contributed by atoms with Gasteiger partial charge in [0.25, 0.3) is 0 Å². The van der Waals surface area contributed by atoms with Crippen LogP contribution in [0.15, 0.2) is 0 Å². The fourth-order valence-electron chi connectivity index (χ4n) is 1.92. The van der Waals surface area contributed by atoms with E-state index in [-0.39, 0.29) is 11.9 Å². The Hall–Kier alpha value is -0.570. The number of hydrogen-bond acceptors (Lipinski definition) is 2. The SMILES string of the molecule is CC(C)C(NC1CCC1)C(=O)NC1CC1. The van der Waals surface area contributed by atoms with Crippen LogP contribution in [0.4, 0.5) is 0 Å². The molecule has 2 N–H and O–H groups in total. The second-order valence-electron chi connectivity index (χ2n) is 5.30. The molecule has 0 aromatic carbocycles. The van der Waals surface area contributed by atoms with E-state index in [1.54, 1.807) is 0 Å². The highest BCUT2D eigenvalue weighted by atomic mass is 16.2. The molecular weight excluding hydrogens is 188 g/mol. The van der Waals surface area contributed by atoms with Crippen LogP contribution in [0.1, 0.15) is 46.0 Å². The Balaban J connectivity index is 1.82. The zero-order valence-electron chi connectivity index (χ0n) is 9.75. The van der Waals surface area contributed by atoms with Crippen molar-refractivity contribution in [2.24, 2.45) is 5.92 Å². The Labute approximate surface area is 92.0 Å². The molecule has 0 aromatic rings. The van der Waals surface area contributed by atoms with E-state index in [1.165, 1.54) is 32.1 Å². The van der Waals surface area contributed by atoms with E-state index in [0.717, 1.165) is 0 Å². The number of hydrogen-bond donors (Lipinski definition) is 2. The molecule has 1 unspecified atom stereocenters. The van der Waals surface area contributed by atoms with Crippen LogP contribution in [0.5, 0.6) is 0 Å². The van der Waals surface area contributed by atoms with Crippen molar-refractivity contribution >= 4 is 5.91 Å². The van der Waals surface area contributed by atoms with E-state index in [1.807, 2.05) is 0 Å². The van der Waals surface area contributed by atoms with Gasteiger partial charge in [0.1, 0.15) is 0 Å². The zero-order valence-corrected chi connectivity index (χ0v) is 9.75. The maximum absolute atomic E-state index is 11.9. The van der Waals surface area contributed by atoms with Gasteiger partial charge in [0.05, 0.1) is 6.04 Å². The van der Waals surface area contributed by atoms with Crippen molar-refractivity contribution in [3.8, 4) is 0 Å². The molecule has 3 nitrogen and oxygen atoms in total. The van der Waals surface area contributed by atoms with Gasteiger partial charge >= 0.3 is 0 Å². The van der Waals surface area contributed by atoms with Crippen molar-refractivity contribution in [2.75, 3.05) is 0 Å². The summed E-state index contributed by atoms with van der Waals surface area (Å²) >= 11 is 0. The van der Waals surface area contributed by atoms with E-state index < -0.39 is 0 Å². The summed E-state index contributed by atoms with van der Waals surface area (Å²) in [7, 11) is 0. The Morgan fingerprint density at radius 1 is 1.13 bits per heavy atom. The molecule has 2 saturated carbocycles. The van der Waals surface area contributed by atoms with Gasteiger partial charge in [-0.25, -0.2) is 0 Å². The van der Waals surface area contributed by atoms with Crippen molar-refractivity contribution in [1.29, 1.82) is 0 Å². The minimum atomic E-state index is 0.0101. The zero-order chi connectivity index (χ0) is 10.8. The first-order chi connectivity index (χ1) is 7.16. The van der Waals surface area contributed by atoms with E-state index in [4.69, 9.17) is 0 Å². The van der Waals surface area contributed by atoms with Crippen molar-refractivity contribution in [2.45, 2.75) is 64.1 Å². The maximum Gasteiger partial charge on any atom is 0.237 e. The van der Waals surface area contributed by atoms with Crippen molar-refractivity contribution in [1.82, 2.24) is 10.6 Å². The van der Waals surface area contributed by atoms with Crippen molar-refractivity contribution in [3.05, 3.63) is 0 Å². The van der Waals surface area contributed by atoms with Crippen LogP contribution in [-0.4, -0.2) is 24.0 Å². The molecule has 15 heavy (non-hydrogen) atoms. The van der Waals surface area contributed by atoms with Crippen LogP contribution in [0, 0.1) is 5.92 Å². The van der Waals surface area contributed by atoms with Gasteiger partial charge in [-0.2, -0.15) is 0 Å². The summed E-state index contributed by atoms with van der Waals surface area (Å²) in [6.07, 6.45) is 6.12. The number of rotatable bonds is 5. The third-order valence-electron chi connectivity index (χ3n) is 3.39. The Bertz CT molecular complexity index is 232. The fourth-order valence-corrected chi connectivity index (χ4v) is 1.92. The number of nitrogens with one attached hydrogen (secondary N) is 2. The van der Waals surface area contributed by atoms with Crippen molar-refractivity contribution < 1.29 is 4.79 Å². The van der Waals surface area contributed by atoms with E-state index in [2.05, 4.69) is 24.5 Å². The molecule has 0 radical (unpaired) electrons. The standard InChI is InChI=1S/C12H22N2O/c1-8(2)11(13-9-4-3-5-9)12(15)14-10-6-7-10/h8-11,13H,3-7H2,1-2H3,(H,14,15). The molecule has 2 rings (SSSR count). The summed E-state index contributed by atoms with van der Waals surface area (Å²) in [5.41, 5.74) is 0. The highest BCUT2D eigenvalue weighted by Crippen LogP contribution is 2.22. The number of amides is 1. The molecule has 0 saturated heterocycles. The fraction of sp³-hybridized carbons (Fsp3) is 0.917. The lowest BCUT2D eigenvalue weighted by Gasteiger charge is -2.32. The van der Waals surface area contributed by atoms with Crippen LogP contribution < -0.4 is 10.6 Å². The van der Waals surface area contributed by atoms with Crippen molar-refractivity contribution in [3.63, 3.8) is 0 Å². The smallest absolute Gasteiger partial charge is 0.237 e. The predicted octanol–water partition coefficient (Wildman–Crippen LogP) is 1.43. The molecule has 0 aromatic heterocycles. The second-order valence-corrected chi connectivity index (χ2v) is 5.30. The van der Waals surface area contributed by atoms with Crippen LogP contribution >= 0.6 is 0 Å². The average molecular weight is 210 g/mol. The van der Waals surface area contributed by atoms with E-state index in [0.29, 0.717) is 18.0 Å². The number of carbonyl (C=O) groups is 1. The molecule has 3 heteroatoms. The first-order valence-electron chi connectivity index (χ1n) is 6.23. The largest absolute Gasteiger partial charge is 0.352 e. The maximum atomic E-state index is 11.9. The van der Waals surface area contributed by atoms with Gasteiger partial charge in [-0.1, -0.05) is 20.3 Å². The average Bonchev–Trinajstić information content (AvgIpc) is 2.84. The van der Waals surface area contributed by atoms with E-state index in [9.17, 15) is 4.79 Å². The van der Waals surface area contributed by atoms with Crippen LogP contribution in [0.25, 0.3) is 0 Å². The summed E-state index contributed by atoms with van der Waals surface area (Å²) in [6, 6.07) is 1.07. The van der Waals surface area contributed by atoms with Crippen LogP contribution in [0.3, 0.4) is 0 Å². The van der Waals surface area contributed by atoms with Crippen LogP contribution in [0.2, 0.25) is 0 Å². The monoisotopic (exact) mass is 210 g/mol. The second kappa shape index (κ2) is 4.52. The third-order valence-corrected chi connectivity index (χ3v) is 3.39. The minimum Gasteiger partial charge on any atom is -0.352 e. The summed E-state index contributed by atoms with van der Waals surface area (Å²) in [4.78, 5) is 11.9. The first kappa shape index (κ1) is 10.9. The minimum absolute atomic E-state index is 0.0101. The Morgan fingerprint density at radius 3 is 2.20 bits per heavy atom. The summed E-state index contributed by atoms with van der Waals surface area (Å²) in [5.74, 6) is 0.587. The van der Waals surface area contributed by atoms with Gasteiger partial charge in [-0.15, -0.1) is 0 Å². The molecule has 0 spiro atoms. The van der Waals surface area contributed by atoms with E-state index >= 15 is 0 Å². The lowest BCUT2D eigenvalue weighted by atomic mass is 9.90.